The minimum Gasteiger partial charge on any atom is -0.458 e. The predicted octanol–water partition coefficient (Wildman–Crippen LogP) is 1.57. The summed E-state index contributed by atoms with van der Waals surface area (Å²) in [7, 11) is 0. The molecular weight excluding hydrogens is 220 g/mol. The molecule has 2 amide bonds. The number of hydrogen-bond acceptors (Lipinski definition) is 3. The van der Waals surface area contributed by atoms with Crippen molar-refractivity contribution in [1.29, 1.82) is 0 Å². The molecule has 1 saturated carbocycles. The fraction of sp³-hybridized carbons (Fsp3) is 0.833. The number of hydrogen-bond donors (Lipinski definition) is 2. The van der Waals surface area contributed by atoms with Crippen molar-refractivity contribution in [2.75, 3.05) is 0 Å². The summed E-state index contributed by atoms with van der Waals surface area (Å²) in [5.41, 5.74) is -0.530. The zero-order valence-electron chi connectivity index (χ0n) is 11.0. The first kappa shape index (κ1) is 13.8. The maximum absolute atomic E-state index is 11.6. The number of urea groups is 1. The molecule has 0 aliphatic heterocycles. The third kappa shape index (κ3) is 5.06. The summed E-state index contributed by atoms with van der Waals surface area (Å²) in [6.45, 7) is 7.01. The highest BCUT2D eigenvalue weighted by molar-refractivity contribution is 5.83. The van der Waals surface area contributed by atoms with Gasteiger partial charge in [0.15, 0.2) is 0 Å². The number of carbonyl (C=O) groups excluding carboxylic acids is 2. The second-order valence-corrected chi connectivity index (χ2v) is 5.50. The topological polar surface area (TPSA) is 67.4 Å². The number of esters is 1. The second kappa shape index (κ2) is 5.38. The van der Waals surface area contributed by atoms with E-state index in [2.05, 4.69) is 10.6 Å². The van der Waals surface area contributed by atoms with Crippen molar-refractivity contribution in [2.45, 2.75) is 64.6 Å². The molecule has 0 unspecified atom stereocenters. The summed E-state index contributed by atoms with van der Waals surface area (Å²) in [5.74, 6) is -0.416. The van der Waals surface area contributed by atoms with Crippen LogP contribution in [0.25, 0.3) is 0 Å². The van der Waals surface area contributed by atoms with E-state index in [0.29, 0.717) is 0 Å². The molecule has 0 heterocycles. The zero-order chi connectivity index (χ0) is 13.1. The highest BCUT2D eigenvalue weighted by atomic mass is 16.6. The smallest absolute Gasteiger partial charge is 0.328 e. The second-order valence-electron chi connectivity index (χ2n) is 5.50. The van der Waals surface area contributed by atoms with Gasteiger partial charge in [-0.1, -0.05) is 0 Å². The average molecular weight is 242 g/mol. The summed E-state index contributed by atoms with van der Waals surface area (Å²) in [6.07, 6.45) is 3.20. The molecule has 17 heavy (non-hydrogen) atoms. The van der Waals surface area contributed by atoms with Gasteiger partial charge in [-0.25, -0.2) is 9.59 Å². The van der Waals surface area contributed by atoms with Gasteiger partial charge in [-0.05, 0) is 47.0 Å². The van der Waals surface area contributed by atoms with Gasteiger partial charge in [-0.15, -0.1) is 0 Å². The maximum Gasteiger partial charge on any atom is 0.328 e. The number of rotatable bonds is 3. The van der Waals surface area contributed by atoms with Crippen LogP contribution in [-0.2, 0) is 9.53 Å². The van der Waals surface area contributed by atoms with Crippen LogP contribution in [0.3, 0.4) is 0 Å². The lowest BCUT2D eigenvalue weighted by Crippen LogP contribution is -2.50. The van der Waals surface area contributed by atoms with Gasteiger partial charge in [0.05, 0.1) is 0 Å². The number of amides is 2. The Hall–Kier alpha value is -1.26. The van der Waals surface area contributed by atoms with E-state index < -0.39 is 17.6 Å². The summed E-state index contributed by atoms with van der Waals surface area (Å²) >= 11 is 0. The van der Waals surface area contributed by atoms with E-state index >= 15 is 0 Å². The van der Waals surface area contributed by atoms with Crippen LogP contribution in [0, 0.1) is 0 Å². The first-order valence-electron chi connectivity index (χ1n) is 6.08. The molecule has 98 valence electrons. The van der Waals surface area contributed by atoms with Crippen molar-refractivity contribution in [1.82, 2.24) is 10.6 Å². The van der Waals surface area contributed by atoms with E-state index in [0.717, 1.165) is 19.3 Å². The van der Waals surface area contributed by atoms with E-state index in [1.165, 1.54) is 0 Å². The molecule has 0 spiro atoms. The van der Waals surface area contributed by atoms with Crippen molar-refractivity contribution in [3.63, 3.8) is 0 Å². The van der Waals surface area contributed by atoms with Crippen LogP contribution in [0.4, 0.5) is 4.79 Å². The minimum absolute atomic E-state index is 0.265. The normalized spacial score (nSPS) is 17.9. The molecule has 5 heteroatoms. The molecule has 1 rings (SSSR count). The molecule has 1 fully saturated rings. The number of nitrogens with one attached hydrogen (secondary N) is 2. The molecule has 1 atom stereocenters. The summed E-state index contributed by atoms with van der Waals surface area (Å²) in [5, 5.41) is 5.38. The van der Waals surface area contributed by atoms with Crippen molar-refractivity contribution in [2.24, 2.45) is 0 Å². The summed E-state index contributed by atoms with van der Waals surface area (Å²) in [6, 6.07) is -0.664. The van der Waals surface area contributed by atoms with Gasteiger partial charge in [0, 0.05) is 6.04 Å². The Balaban J connectivity index is 2.29. The molecule has 0 aromatic carbocycles. The minimum atomic E-state index is -0.630. The highest BCUT2D eigenvalue weighted by Gasteiger charge is 2.24. The lowest BCUT2D eigenvalue weighted by atomic mass is 9.93. The first-order valence-corrected chi connectivity index (χ1v) is 6.08. The Morgan fingerprint density at radius 2 is 1.88 bits per heavy atom. The Bertz CT molecular complexity index is 293. The van der Waals surface area contributed by atoms with E-state index in [-0.39, 0.29) is 12.1 Å². The molecular formula is C12H22N2O3. The largest absolute Gasteiger partial charge is 0.458 e. The molecule has 0 aromatic heterocycles. The van der Waals surface area contributed by atoms with E-state index in [1.54, 1.807) is 27.7 Å². The van der Waals surface area contributed by atoms with Gasteiger partial charge in [-0.3, -0.25) is 0 Å². The standard InChI is InChI=1S/C12H22N2O3/c1-8(10(15)17-12(2,3)4)13-11(16)14-9-6-5-7-9/h8-9H,5-7H2,1-4H3,(H2,13,14,16)/t8-/m0/s1. The molecule has 1 aliphatic carbocycles. The van der Waals surface area contributed by atoms with Crippen LogP contribution in [-0.4, -0.2) is 29.7 Å². The molecule has 0 radical (unpaired) electrons. The monoisotopic (exact) mass is 242 g/mol. The van der Waals surface area contributed by atoms with Gasteiger partial charge in [0.1, 0.15) is 11.6 Å². The molecule has 0 aromatic rings. The van der Waals surface area contributed by atoms with E-state index in [4.69, 9.17) is 4.74 Å². The Kier molecular flexibility index (Phi) is 4.37. The molecule has 5 nitrogen and oxygen atoms in total. The molecule has 0 bridgehead atoms. The van der Waals surface area contributed by atoms with Crippen molar-refractivity contribution >= 4 is 12.0 Å². The predicted molar refractivity (Wildman–Crippen MR) is 64.6 cm³/mol. The Morgan fingerprint density at radius 1 is 1.29 bits per heavy atom. The first-order chi connectivity index (χ1) is 7.78. The van der Waals surface area contributed by atoms with Gasteiger partial charge in [-0.2, -0.15) is 0 Å². The van der Waals surface area contributed by atoms with Crippen molar-refractivity contribution in [3.05, 3.63) is 0 Å². The number of ether oxygens (including phenoxy) is 1. The van der Waals surface area contributed by atoms with Crippen LogP contribution in [0.1, 0.15) is 47.0 Å². The zero-order valence-corrected chi connectivity index (χ0v) is 11.0. The van der Waals surface area contributed by atoms with Gasteiger partial charge < -0.3 is 15.4 Å². The quantitative estimate of drug-likeness (QED) is 0.738. The summed E-state index contributed by atoms with van der Waals surface area (Å²) in [4.78, 5) is 23.1. The Morgan fingerprint density at radius 3 is 2.29 bits per heavy atom. The third-order valence-corrected chi connectivity index (χ3v) is 2.55. The van der Waals surface area contributed by atoms with Crippen LogP contribution in [0.5, 0.6) is 0 Å². The van der Waals surface area contributed by atoms with Crippen LogP contribution < -0.4 is 10.6 Å². The van der Waals surface area contributed by atoms with Crippen LogP contribution in [0.2, 0.25) is 0 Å². The molecule has 1 aliphatic rings. The molecule has 0 saturated heterocycles. The van der Waals surface area contributed by atoms with Crippen LogP contribution >= 0.6 is 0 Å². The van der Waals surface area contributed by atoms with E-state index in [1.807, 2.05) is 0 Å². The third-order valence-electron chi connectivity index (χ3n) is 2.55. The fourth-order valence-corrected chi connectivity index (χ4v) is 1.43. The van der Waals surface area contributed by atoms with Crippen LogP contribution in [0.15, 0.2) is 0 Å². The SMILES string of the molecule is C[C@H](NC(=O)NC1CCC1)C(=O)OC(C)(C)C. The van der Waals surface area contributed by atoms with Gasteiger partial charge >= 0.3 is 12.0 Å². The lowest BCUT2D eigenvalue weighted by Gasteiger charge is -2.27. The Labute approximate surface area is 102 Å². The lowest BCUT2D eigenvalue weighted by molar-refractivity contribution is -0.156. The van der Waals surface area contributed by atoms with Gasteiger partial charge in [0.25, 0.3) is 0 Å². The number of carbonyl (C=O) groups is 2. The molecule has 2 N–H and O–H groups in total. The van der Waals surface area contributed by atoms with Crippen molar-refractivity contribution < 1.29 is 14.3 Å². The van der Waals surface area contributed by atoms with Crippen molar-refractivity contribution in [3.8, 4) is 0 Å². The average Bonchev–Trinajstić information content (AvgIpc) is 2.08. The maximum atomic E-state index is 11.6. The fourth-order valence-electron chi connectivity index (χ4n) is 1.43. The highest BCUT2D eigenvalue weighted by Crippen LogP contribution is 2.17. The van der Waals surface area contributed by atoms with Gasteiger partial charge in [0.2, 0.25) is 0 Å². The summed E-state index contributed by atoms with van der Waals surface area (Å²) < 4.78 is 5.16. The van der Waals surface area contributed by atoms with E-state index in [9.17, 15) is 9.59 Å².